The van der Waals surface area contributed by atoms with Gasteiger partial charge in [-0.25, -0.2) is 8.42 Å². The van der Waals surface area contributed by atoms with Gasteiger partial charge in [0.2, 0.25) is 9.84 Å². The molecule has 1 aromatic carbocycles. The van der Waals surface area contributed by atoms with Gasteiger partial charge in [-0.15, -0.1) is 0 Å². The Morgan fingerprint density at radius 1 is 1.29 bits per heavy atom. The highest BCUT2D eigenvalue weighted by molar-refractivity contribution is 7.95. The van der Waals surface area contributed by atoms with E-state index < -0.39 is 43.9 Å². The predicted octanol–water partition coefficient (Wildman–Crippen LogP) is 0.356. The number of benzene rings is 1. The summed E-state index contributed by atoms with van der Waals surface area (Å²) in [5, 5.41) is 0.691. The van der Waals surface area contributed by atoms with Gasteiger partial charge >= 0.3 is 6.18 Å². The maximum atomic E-state index is 13.2. The molecule has 0 aliphatic carbocycles. The van der Waals surface area contributed by atoms with Crippen LogP contribution in [0.4, 0.5) is 13.2 Å². The van der Waals surface area contributed by atoms with Crippen molar-refractivity contribution in [2.75, 3.05) is 7.11 Å². The van der Waals surface area contributed by atoms with Crippen molar-refractivity contribution in [2.24, 2.45) is 16.5 Å². The van der Waals surface area contributed by atoms with Gasteiger partial charge in [-0.3, -0.25) is 15.1 Å². The van der Waals surface area contributed by atoms with E-state index in [1.807, 2.05) is 0 Å². The summed E-state index contributed by atoms with van der Waals surface area (Å²) in [5.74, 6) is -2.16. The molecule has 1 aliphatic rings. The molecule has 8 nitrogen and oxygen atoms in total. The third-order valence-corrected chi connectivity index (χ3v) is 4.46. The second kappa shape index (κ2) is 5.79. The number of halogens is 3. The fraction of sp³-hybridized carbons (Fsp3) is 0.167. The predicted molar refractivity (Wildman–Crippen MR) is 76.9 cm³/mol. The molecule has 0 saturated heterocycles. The zero-order chi connectivity index (χ0) is 18.3. The van der Waals surface area contributed by atoms with Gasteiger partial charge in [0.15, 0.2) is 5.96 Å². The van der Waals surface area contributed by atoms with Crippen LogP contribution in [-0.2, 0) is 20.9 Å². The number of carbonyl (C=O) groups excluding carboxylic acids is 1. The molecule has 1 aliphatic heterocycles. The number of rotatable bonds is 3. The number of nitrogens with one attached hydrogen (secondary N) is 1. The largest absolute Gasteiger partial charge is 0.417 e. The Bertz CT molecular complexity index is 871. The summed E-state index contributed by atoms with van der Waals surface area (Å²) in [6, 6.07) is 1.11. The van der Waals surface area contributed by atoms with E-state index in [0.29, 0.717) is 17.5 Å². The molecular formula is C12H11F3N4O4S. The summed E-state index contributed by atoms with van der Waals surface area (Å²) in [7, 11) is -2.90. The number of guanidine groups is 1. The number of hydrogen-bond acceptors (Lipinski definition) is 5. The molecule has 5 N–H and O–H groups in total. The van der Waals surface area contributed by atoms with Crippen molar-refractivity contribution in [3.05, 3.63) is 34.2 Å². The number of alkyl halides is 3. The molecule has 0 aromatic heterocycles. The second-order valence-corrected chi connectivity index (χ2v) is 6.38. The number of hydroxylamine groups is 1. The third-order valence-electron chi connectivity index (χ3n) is 2.97. The highest BCUT2D eigenvalue weighted by Crippen LogP contribution is 2.40. The summed E-state index contributed by atoms with van der Waals surface area (Å²) in [6.07, 6.45) is -4.94. The van der Waals surface area contributed by atoms with Gasteiger partial charge in [-0.1, -0.05) is 0 Å². The summed E-state index contributed by atoms with van der Waals surface area (Å²) >= 11 is 0. The van der Waals surface area contributed by atoms with Crippen LogP contribution in [0.2, 0.25) is 0 Å². The fourth-order valence-electron chi connectivity index (χ4n) is 2.09. The minimum absolute atomic E-state index is 0.196. The van der Waals surface area contributed by atoms with Crippen molar-refractivity contribution >= 4 is 27.4 Å². The monoisotopic (exact) mass is 364 g/mol. The van der Waals surface area contributed by atoms with Crippen LogP contribution >= 0.6 is 0 Å². The number of nitrogens with zero attached hydrogens (tertiary/aromatic N) is 1. The summed E-state index contributed by atoms with van der Waals surface area (Å²) in [4.78, 5) is 18.9. The standard InChI is InChI=1S/C12H11F3N4O4S/c1-23-19-8-4-24(21,22)9-3-5(10(20)18-11(16)17)7(2-6(8)9)12(13,14)15/h2-4,19H,1H3,(H4,16,17,18,20). The topological polar surface area (TPSA) is 137 Å². The highest BCUT2D eigenvalue weighted by atomic mass is 32.2. The minimum Gasteiger partial charge on any atom is -0.370 e. The van der Waals surface area contributed by atoms with Crippen LogP contribution in [0.1, 0.15) is 21.5 Å². The van der Waals surface area contributed by atoms with E-state index in [0.717, 1.165) is 7.11 Å². The summed E-state index contributed by atoms with van der Waals surface area (Å²) in [5.41, 5.74) is 9.31. The Balaban J connectivity index is 2.77. The van der Waals surface area contributed by atoms with Crippen molar-refractivity contribution in [3.63, 3.8) is 0 Å². The van der Waals surface area contributed by atoms with Crippen molar-refractivity contribution in [3.8, 4) is 0 Å². The molecule has 24 heavy (non-hydrogen) atoms. The van der Waals surface area contributed by atoms with E-state index in [9.17, 15) is 26.4 Å². The number of nitrogens with two attached hydrogens (primary N) is 2. The molecule has 0 spiro atoms. The van der Waals surface area contributed by atoms with E-state index in [1.54, 1.807) is 0 Å². The number of sulfone groups is 1. The Kier molecular flexibility index (Phi) is 4.29. The number of amides is 1. The van der Waals surface area contributed by atoms with Crippen LogP contribution in [0.3, 0.4) is 0 Å². The average molecular weight is 364 g/mol. The van der Waals surface area contributed by atoms with Gasteiger partial charge in [-0.05, 0) is 12.1 Å². The Labute approximate surface area is 133 Å². The van der Waals surface area contributed by atoms with E-state index in [4.69, 9.17) is 11.5 Å². The molecule has 0 unspecified atom stereocenters. The van der Waals surface area contributed by atoms with Crippen molar-refractivity contribution in [1.82, 2.24) is 5.48 Å². The number of fused-ring (bicyclic) bond motifs is 1. The lowest BCUT2D eigenvalue weighted by Crippen LogP contribution is -2.25. The molecule has 0 radical (unpaired) electrons. The van der Waals surface area contributed by atoms with Gasteiger partial charge in [-0.2, -0.15) is 18.2 Å². The van der Waals surface area contributed by atoms with E-state index in [-0.39, 0.29) is 11.3 Å². The Morgan fingerprint density at radius 2 is 1.92 bits per heavy atom. The fourth-order valence-corrected chi connectivity index (χ4v) is 3.46. The zero-order valence-corrected chi connectivity index (χ0v) is 12.8. The van der Waals surface area contributed by atoms with Crippen LogP contribution in [0, 0.1) is 0 Å². The SMILES string of the molecule is CONC1=CS(=O)(=O)c2cc(C(=O)N=C(N)N)c(C(F)(F)F)cc21. The second-order valence-electron chi connectivity index (χ2n) is 4.62. The average Bonchev–Trinajstić information content (AvgIpc) is 2.67. The van der Waals surface area contributed by atoms with Crippen LogP contribution in [0.15, 0.2) is 27.4 Å². The van der Waals surface area contributed by atoms with Gasteiger partial charge in [0.1, 0.15) is 0 Å². The molecular weight excluding hydrogens is 353 g/mol. The zero-order valence-electron chi connectivity index (χ0n) is 12.0. The van der Waals surface area contributed by atoms with Crippen molar-refractivity contribution < 1.29 is 31.2 Å². The lowest BCUT2D eigenvalue weighted by atomic mass is 10.0. The highest BCUT2D eigenvalue weighted by Gasteiger charge is 2.39. The lowest BCUT2D eigenvalue weighted by Gasteiger charge is -2.14. The maximum absolute atomic E-state index is 13.2. The summed E-state index contributed by atoms with van der Waals surface area (Å²) < 4.78 is 63.8. The normalized spacial score (nSPS) is 15.4. The molecule has 12 heteroatoms. The molecule has 0 atom stereocenters. The Hall–Kier alpha value is -2.60. The van der Waals surface area contributed by atoms with Crippen LogP contribution < -0.4 is 16.9 Å². The van der Waals surface area contributed by atoms with Gasteiger partial charge in [0, 0.05) is 5.56 Å². The molecule has 130 valence electrons. The number of carbonyl (C=O) groups is 1. The van der Waals surface area contributed by atoms with Gasteiger partial charge in [0.25, 0.3) is 5.91 Å². The van der Waals surface area contributed by atoms with Crippen LogP contribution in [-0.4, -0.2) is 27.4 Å². The van der Waals surface area contributed by atoms with E-state index in [1.165, 1.54) is 0 Å². The molecule has 0 bridgehead atoms. The van der Waals surface area contributed by atoms with Crippen molar-refractivity contribution in [1.29, 1.82) is 0 Å². The number of aliphatic imine (C=N–C) groups is 1. The smallest absolute Gasteiger partial charge is 0.370 e. The third kappa shape index (κ3) is 3.19. The first-order chi connectivity index (χ1) is 11.0. The van der Waals surface area contributed by atoms with Gasteiger partial charge < -0.3 is 11.5 Å². The molecule has 1 aromatic rings. The molecule has 0 saturated carbocycles. The van der Waals surface area contributed by atoms with E-state index in [2.05, 4.69) is 15.3 Å². The molecule has 1 amide bonds. The molecule has 2 rings (SSSR count). The van der Waals surface area contributed by atoms with E-state index >= 15 is 0 Å². The maximum Gasteiger partial charge on any atom is 0.417 e. The molecule has 0 fully saturated rings. The van der Waals surface area contributed by atoms with Crippen LogP contribution in [0.25, 0.3) is 5.70 Å². The van der Waals surface area contributed by atoms with Gasteiger partial charge in [0.05, 0.1) is 34.2 Å². The lowest BCUT2D eigenvalue weighted by molar-refractivity contribution is -0.138. The quantitative estimate of drug-likeness (QED) is 0.400. The molecule has 1 heterocycles. The first-order valence-electron chi connectivity index (χ1n) is 6.12. The van der Waals surface area contributed by atoms with Crippen molar-refractivity contribution in [2.45, 2.75) is 11.1 Å². The first-order valence-corrected chi connectivity index (χ1v) is 7.67. The Morgan fingerprint density at radius 3 is 2.42 bits per heavy atom. The first kappa shape index (κ1) is 17.7. The minimum atomic E-state index is -4.94. The van der Waals surface area contributed by atoms with Crippen LogP contribution in [0.5, 0.6) is 0 Å². The number of hydrogen-bond donors (Lipinski definition) is 3. The summed E-state index contributed by atoms with van der Waals surface area (Å²) in [6.45, 7) is 0.